The summed E-state index contributed by atoms with van der Waals surface area (Å²) in [7, 11) is 0. The van der Waals surface area contributed by atoms with E-state index in [0.717, 1.165) is 38.3 Å². The van der Waals surface area contributed by atoms with Crippen molar-refractivity contribution in [3.63, 3.8) is 0 Å². The molecule has 0 aliphatic rings. The topological polar surface area (TPSA) is 103 Å². The van der Waals surface area contributed by atoms with Crippen LogP contribution in [0.2, 0.25) is 0 Å². The van der Waals surface area contributed by atoms with Gasteiger partial charge in [0.2, 0.25) is 5.71 Å². The molecular formula is C31H17N7O. The van der Waals surface area contributed by atoms with Crippen molar-refractivity contribution in [2.75, 3.05) is 0 Å². The summed E-state index contributed by atoms with van der Waals surface area (Å²) in [6.45, 7) is 0. The Morgan fingerprint density at radius 2 is 1.23 bits per heavy atom. The van der Waals surface area contributed by atoms with Crippen molar-refractivity contribution in [3.05, 3.63) is 104 Å². The first-order chi connectivity index (χ1) is 19.3. The third-order valence-electron chi connectivity index (χ3n) is 6.69. The van der Waals surface area contributed by atoms with Gasteiger partial charge in [0.15, 0.2) is 17.5 Å². The molecule has 8 nitrogen and oxygen atoms in total. The fourth-order valence-electron chi connectivity index (χ4n) is 4.82. The molecule has 5 heterocycles. The number of fused-ring (bicyclic) bond motifs is 6. The van der Waals surface area contributed by atoms with Gasteiger partial charge in [-0.2, -0.15) is 0 Å². The van der Waals surface area contributed by atoms with E-state index in [-0.39, 0.29) is 0 Å². The maximum atomic E-state index is 5.86. The van der Waals surface area contributed by atoms with Crippen LogP contribution in [0.3, 0.4) is 0 Å². The van der Waals surface area contributed by atoms with Gasteiger partial charge in [-0.25, -0.2) is 29.9 Å². The molecule has 0 fully saturated rings. The predicted octanol–water partition coefficient (Wildman–Crippen LogP) is 6.66. The molecule has 8 aromatic rings. The molecule has 0 atom stereocenters. The fourth-order valence-corrected chi connectivity index (χ4v) is 4.82. The maximum absolute atomic E-state index is 5.86. The normalized spacial score (nSPS) is 11.6. The van der Waals surface area contributed by atoms with Crippen molar-refractivity contribution in [1.82, 2.24) is 34.9 Å². The highest BCUT2D eigenvalue weighted by molar-refractivity contribution is 6.03. The summed E-state index contributed by atoms with van der Waals surface area (Å²) in [5.74, 6) is 1.56. The van der Waals surface area contributed by atoms with E-state index in [2.05, 4.69) is 27.1 Å². The summed E-state index contributed by atoms with van der Waals surface area (Å²) < 4.78 is 5.86. The Kier molecular flexibility index (Phi) is 4.65. The number of furan rings is 1. The SMILES string of the molecule is c1ccc(-c2nc(-c3ccc4oc5nccnc5c4c3)nc(-c3ccc4ccc5cccnc5c4n3)n2)cc1. The highest BCUT2D eigenvalue weighted by atomic mass is 16.3. The number of nitrogens with zero attached hydrogens (tertiary/aromatic N) is 7. The van der Waals surface area contributed by atoms with Gasteiger partial charge >= 0.3 is 0 Å². The molecule has 8 heteroatoms. The number of pyridine rings is 2. The van der Waals surface area contributed by atoms with Gasteiger partial charge in [0.05, 0.1) is 11.0 Å². The van der Waals surface area contributed by atoms with Gasteiger partial charge in [-0.1, -0.05) is 54.6 Å². The Hall–Kier alpha value is -5.63. The molecule has 0 aliphatic carbocycles. The second-order valence-corrected chi connectivity index (χ2v) is 9.10. The Morgan fingerprint density at radius 1 is 0.487 bits per heavy atom. The quantitative estimate of drug-likeness (QED) is 0.247. The number of hydrogen-bond donors (Lipinski definition) is 0. The van der Waals surface area contributed by atoms with E-state index in [1.165, 1.54) is 0 Å². The lowest BCUT2D eigenvalue weighted by Crippen LogP contribution is -2.01. The summed E-state index contributed by atoms with van der Waals surface area (Å²) in [5, 5.41) is 2.88. The molecule has 0 saturated heterocycles. The lowest BCUT2D eigenvalue weighted by Gasteiger charge is -2.09. The summed E-state index contributed by atoms with van der Waals surface area (Å²) in [6.07, 6.45) is 5.05. The first-order valence-corrected chi connectivity index (χ1v) is 12.4. The largest absolute Gasteiger partial charge is 0.436 e. The van der Waals surface area contributed by atoms with E-state index in [1.807, 2.05) is 72.8 Å². The Labute approximate surface area is 221 Å². The Balaban J connectivity index is 1.36. The van der Waals surface area contributed by atoms with Crippen molar-refractivity contribution < 1.29 is 4.42 Å². The van der Waals surface area contributed by atoms with Crippen LogP contribution in [0.15, 0.2) is 108 Å². The zero-order chi connectivity index (χ0) is 25.8. The molecule has 0 amide bonds. The van der Waals surface area contributed by atoms with Gasteiger partial charge in [-0.15, -0.1) is 0 Å². The highest BCUT2D eigenvalue weighted by Gasteiger charge is 2.16. The van der Waals surface area contributed by atoms with Gasteiger partial charge in [0, 0.05) is 45.9 Å². The monoisotopic (exact) mass is 503 g/mol. The van der Waals surface area contributed by atoms with Crippen LogP contribution in [0.4, 0.5) is 0 Å². The van der Waals surface area contributed by atoms with Crippen LogP contribution < -0.4 is 0 Å². The average Bonchev–Trinajstić information content (AvgIpc) is 3.39. The highest BCUT2D eigenvalue weighted by Crippen LogP contribution is 2.31. The minimum Gasteiger partial charge on any atom is -0.436 e. The Bertz CT molecular complexity index is 2190. The zero-order valence-electron chi connectivity index (χ0n) is 20.4. The van der Waals surface area contributed by atoms with E-state index >= 15 is 0 Å². The summed E-state index contributed by atoms with van der Waals surface area (Å²) in [6, 6.07) is 27.7. The molecule has 182 valence electrons. The molecule has 0 bridgehead atoms. The standard InChI is InChI=1S/C31H17N7O/c1-2-5-20(6-3-1)28-36-29(21-11-13-24-22(17-21)27-31(39-24)34-16-15-33-27)38-30(37-28)23-12-10-19-9-8-18-7-4-14-32-25(18)26(19)35-23/h1-17H. The average molecular weight is 504 g/mol. The number of hydrogen-bond acceptors (Lipinski definition) is 8. The second kappa shape index (κ2) is 8.46. The van der Waals surface area contributed by atoms with E-state index in [9.17, 15) is 0 Å². The molecule has 39 heavy (non-hydrogen) atoms. The van der Waals surface area contributed by atoms with Gasteiger partial charge in [-0.05, 0) is 30.3 Å². The summed E-state index contributed by atoms with van der Waals surface area (Å²) in [4.78, 5) is 32.9. The number of rotatable bonds is 3. The molecule has 3 aromatic carbocycles. The van der Waals surface area contributed by atoms with Crippen molar-refractivity contribution in [2.24, 2.45) is 0 Å². The number of benzene rings is 3. The van der Waals surface area contributed by atoms with Crippen LogP contribution in [0.1, 0.15) is 0 Å². The van der Waals surface area contributed by atoms with Crippen LogP contribution in [-0.4, -0.2) is 34.9 Å². The molecule has 0 aliphatic heterocycles. The third kappa shape index (κ3) is 3.58. The van der Waals surface area contributed by atoms with Gasteiger partial charge in [-0.3, -0.25) is 4.98 Å². The van der Waals surface area contributed by atoms with E-state index in [0.29, 0.717) is 40.0 Å². The summed E-state index contributed by atoms with van der Waals surface area (Å²) >= 11 is 0. The molecular weight excluding hydrogens is 486 g/mol. The molecule has 8 rings (SSSR count). The van der Waals surface area contributed by atoms with E-state index in [4.69, 9.17) is 24.4 Å². The zero-order valence-corrected chi connectivity index (χ0v) is 20.4. The smallest absolute Gasteiger partial charge is 0.246 e. The van der Waals surface area contributed by atoms with Gasteiger partial charge < -0.3 is 4.42 Å². The lowest BCUT2D eigenvalue weighted by atomic mass is 10.1. The molecule has 0 N–H and O–H groups in total. The van der Waals surface area contributed by atoms with Crippen molar-refractivity contribution in [3.8, 4) is 34.3 Å². The lowest BCUT2D eigenvalue weighted by molar-refractivity contribution is 0.653. The number of aromatic nitrogens is 7. The Morgan fingerprint density at radius 3 is 2.13 bits per heavy atom. The fraction of sp³-hybridized carbons (Fsp3) is 0. The summed E-state index contributed by atoms with van der Waals surface area (Å²) in [5.41, 5.74) is 5.87. The molecule has 0 unspecified atom stereocenters. The van der Waals surface area contributed by atoms with Crippen molar-refractivity contribution in [2.45, 2.75) is 0 Å². The molecule has 0 saturated carbocycles. The predicted molar refractivity (Wildman–Crippen MR) is 150 cm³/mol. The minimum atomic E-state index is 0.477. The van der Waals surface area contributed by atoms with Gasteiger partial charge in [0.25, 0.3) is 0 Å². The first kappa shape index (κ1) is 21.5. The van der Waals surface area contributed by atoms with Gasteiger partial charge in [0.1, 0.15) is 16.8 Å². The molecule has 5 aromatic heterocycles. The molecule has 0 spiro atoms. The second-order valence-electron chi connectivity index (χ2n) is 9.10. The van der Waals surface area contributed by atoms with Crippen LogP contribution >= 0.6 is 0 Å². The van der Waals surface area contributed by atoms with E-state index < -0.39 is 0 Å². The first-order valence-electron chi connectivity index (χ1n) is 12.4. The maximum Gasteiger partial charge on any atom is 0.246 e. The van der Waals surface area contributed by atoms with Crippen molar-refractivity contribution >= 4 is 44.0 Å². The van der Waals surface area contributed by atoms with Crippen LogP contribution in [0.25, 0.3) is 78.3 Å². The van der Waals surface area contributed by atoms with Crippen LogP contribution in [-0.2, 0) is 0 Å². The van der Waals surface area contributed by atoms with Crippen LogP contribution in [0, 0.1) is 0 Å². The molecule has 0 radical (unpaired) electrons. The van der Waals surface area contributed by atoms with Crippen molar-refractivity contribution in [1.29, 1.82) is 0 Å². The third-order valence-corrected chi connectivity index (χ3v) is 6.69. The minimum absolute atomic E-state index is 0.477. The van der Waals surface area contributed by atoms with Crippen LogP contribution in [0.5, 0.6) is 0 Å². The van der Waals surface area contributed by atoms with E-state index in [1.54, 1.807) is 18.6 Å².